The monoisotopic (exact) mass is 196 g/mol. The number of carboxylic acid groups (broad SMARTS) is 1. The second-order valence-corrected chi connectivity index (χ2v) is 2.61. The summed E-state index contributed by atoms with van der Waals surface area (Å²) in [7, 11) is 2.79. The molecular formula is C9H10NO4-. The Morgan fingerprint density at radius 3 is 2.36 bits per heavy atom. The van der Waals surface area contributed by atoms with Gasteiger partial charge in [-0.05, 0) is 6.92 Å². The molecule has 1 heterocycles. The zero-order chi connectivity index (χ0) is 10.7. The number of aromatic carboxylic acids is 1. The SMILES string of the molecule is COc1c(C(=O)[O-])cnc(C)c1OC. The van der Waals surface area contributed by atoms with Crippen molar-refractivity contribution in [2.24, 2.45) is 0 Å². The quantitative estimate of drug-likeness (QED) is 0.667. The lowest BCUT2D eigenvalue weighted by Crippen LogP contribution is -2.23. The van der Waals surface area contributed by atoms with Crippen molar-refractivity contribution in [3.05, 3.63) is 17.5 Å². The van der Waals surface area contributed by atoms with E-state index >= 15 is 0 Å². The Morgan fingerprint density at radius 2 is 1.93 bits per heavy atom. The third-order valence-electron chi connectivity index (χ3n) is 1.79. The van der Waals surface area contributed by atoms with E-state index in [1.165, 1.54) is 20.4 Å². The fraction of sp³-hybridized carbons (Fsp3) is 0.333. The predicted molar refractivity (Wildman–Crippen MR) is 46.4 cm³/mol. The van der Waals surface area contributed by atoms with Gasteiger partial charge in [-0.15, -0.1) is 0 Å². The molecule has 0 bridgehead atoms. The van der Waals surface area contributed by atoms with E-state index in [0.29, 0.717) is 11.4 Å². The molecule has 1 rings (SSSR count). The smallest absolute Gasteiger partial charge is 0.182 e. The van der Waals surface area contributed by atoms with Crippen LogP contribution >= 0.6 is 0 Å². The highest BCUT2D eigenvalue weighted by Gasteiger charge is 2.14. The number of aromatic nitrogens is 1. The minimum atomic E-state index is -1.34. The Hall–Kier alpha value is -1.78. The molecule has 0 saturated carbocycles. The van der Waals surface area contributed by atoms with Crippen LogP contribution in [0, 0.1) is 6.92 Å². The lowest BCUT2D eigenvalue weighted by Gasteiger charge is -2.14. The number of carbonyl (C=O) groups excluding carboxylic acids is 1. The summed E-state index contributed by atoms with van der Waals surface area (Å²) in [4.78, 5) is 14.5. The average Bonchev–Trinajstić information content (AvgIpc) is 2.16. The molecule has 5 nitrogen and oxygen atoms in total. The van der Waals surface area contributed by atoms with Gasteiger partial charge in [0.25, 0.3) is 0 Å². The highest BCUT2D eigenvalue weighted by atomic mass is 16.5. The van der Waals surface area contributed by atoms with Gasteiger partial charge < -0.3 is 19.4 Å². The van der Waals surface area contributed by atoms with Crippen molar-refractivity contribution in [1.82, 2.24) is 4.98 Å². The average molecular weight is 196 g/mol. The summed E-state index contributed by atoms with van der Waals surface area (Å²) in [6, 6.07) is 0. The van der Waals surface area contributed by atoms with Gasteiger partial charge in [-0.25, -0.2) is 0 Å². The molecule has 0 aromatic carbocycles. The molecule has 1 aromatic heterocycles. The van der Waals surface area contributed by atoms with Crippen molar-refractivity contribution in [3.8, 4) is 11.5 Å². The molecule has 14 heavy (non-hydrogen) atoms. The van der Waals surface area contributed by atoms with E-state index in [1.54, 1.807) is 6.92 Å². The van der Waals surface area contributed by atoms with Crippen LogP contribution in [0.3, 0.4) is 0 Å². The van der Waals surface area contributed by atoms with Crippen LogP contribution in [0.1, 0.15) is 16.1 Å². The predicted octanol–water partition coefficient (Wildman–Crippen LogP) is -0.229. The molecular weight excluding hydrogens is 186 g/mol. The van der Waals surface area contributed by atoms with Crippen molar-refractivity contribution in [1.29, 1.82) is 0 Å². The minimum Gasteiger partial charge on any atom is -0.545 e. The van der Waals surface area contributed by atoms with E-state index in [4.69, 9.17) is 9.47 Å². The third-order valence-corrected chi connectivity index (χ3v) is 1.79. The Morgan fingerprint density at radius 1 is 1.36 bits per heavy atom. The van der Waals surface area contributed by atoms with Crippen molar-refractivity contribution in [2.45, 2.75) is 6.92 Å². The second kappa shape index (κ2) is 3.95. The number of hydrogen-bond donors (Lipinski definition) is 0. The highest BCUT2D eigenvalue weighted by Crippen LogP contribution is 2.32. The van der Waals surface area contributed by atoms with Gasteiger partial charge in [0, 0.05) is 6.20 Å². The normalized spacial score (nSPS) is 9.64. The number of nitrogens with zero attached hydrogens (tertiary/aromatic N) is 1. The molecule has 0 aliphatic carbocycles. The maximum Gasteiger partial charge on any atom is 0.182 e. The molecule has 0 fully saturated rings. The summed E-state index contributed by atoms with van der Waals surface area (Å²) in [6.07, 6.45) is 1.19. The van der Waals surface area contributed by atoms with Crippen LogP contribution in [0.15, 0.2) is 6.20 Å². The number of pyridine rings is 1. The molecule has 0 spiro atoms. The zero-order valence-corrected chi connectivity index (χ0v) is 8.16. The van der Waals surface area contributed by atoms with Gasteiger partial charge in [-0.2, -0.15) is 0 Å². The molecule has 1 aromatic rings. The van der Waals surface area contributed by atoms with Gasteiger partial charge in [0.1, 0.15) is 0 Å². The van der Waals surface area contributed by atoms with Gasteiger partial charge in [0.15, 0.2) is 11.5 Å². The van der Waals surface area contributed by atoms with Crippen molar-refractivity contribution in [3.63, 3.8) is 0 Å². The molecule has 0 radical (unpaired) electrons. The van der Waals surface area contributed by atoms with E-state index < -0.39 is 5.97 Å². The molecule has 0 unspecified atom stereocenters. The van der Waals surface area contributed by atoms with Gasteiger partial charge in [-0.1, -0.05) is 0 Å². The number of methoxy groups -OCH3 is 2. The molecule has 0 N–H and O–H groups in total. The number of ether oxygens (including phenoxy) is 2. The molecule has 5 heteroatoms. The Kier molecular flexibility index (Phi) is 2.91. The Bertz CT molecular complexity index is 362. The Balaban J connectivity index is 3.40. The Labute approximate surface area is 81.3 Å². The third kappa shape index (κ3) is 1.61. The molecule has 0 amide bonds. The summed E-state index contributed by atoms with van der Waals surface area (Å²) in [5.41, 5.74) is 0.448. The molecule has 76 valence electrons. The molecule has 0 atom stereocenters. The van der Waals surface area contributed by atoms with Gasteiger partial charge in [0.2, 0.25) is 0 Å². The van der Waals surface area contributed by atoms with E-state index in [-0.39, 0.29) is 11.3 Å². The first-order valence-electron chi connectivity index (χ1n) is 3.90. The first-order chi connectivity index (χ1) is 6.61. The van der Waals surface area contributed by atoms with Crippen molar-refractivity contribution >= 4 is 5.97 Å². The zero-order valence-electron chi connectivity index (χ0n) is 8.16. The highest BCUT2D eigenvalue weighted by molar-refractivity contribution is 5.90. The number of hydrogen-bond acceptors (Lipinski definition) is 5. The standard InChI is InChI=1S/C9H11NO4/c1-5-7(13-2)8(14-3)6(4-10-5)9(11)12/h4H,1-3H3,(H,11,12)/p-1. The second-order valence-electron chi connectivity index (χ2n) is 2.61. The summed E-state index contributed by atoms with van der Waals surface area (Å²) < 4.78 is 9.90. The lowest BCUT2D eigenvalue weighted by molar-refractivity contribution is -0.255. The van der Waals surface area contributed by atoms with Crippen molar-refractivity contribution in [2.75, 3.05) is 14.2 Å². The molecule has 0 aliphatic rings. The number of carbonyl (C=O) groups is 1. The fourth-order valence-corrected chi connectivity index (χ4v) is 1.15. The number of carboxylic acids is 1. The lowest BCUT2D eigenvalue weighted by atomic mass is 10.2. The first kappa shape index (κ1) is 10.3. The fourth-order valence-electron chi connectivity index (χ4n) is 1.15. The molecule has 0 aliphatic heterocycles. The summed E-state index contributed by atoms with van der Waals surface area (Å²) in [5.74, 6) is -0.887. The summed E-state index contributed by atoms with van der Waals surface area (Å²) >= 11 is 0. The number of rotatable bonds is 3. The van der Waals surface area contributed by atoms with Gasteiger partial charge in [-0.3, -0.25) is 4.98 Å². The van der Waals surface area contributed by atoms with Crippen LogP contribution in [0.25, 0.3) is 0 Å². The van der Waals surface area contributed by atoms with Gasteiger partial charge >= 0.3 is 0 Å². The van der Waals surface area contributed by atoms with Crippen molar-refractivity contribution < 1.29 is 19.4 Å². The topological polar surface area (TPSA) is 71.5 Å². The molecule has 0 saturated heterocycles. The van der Waals surface area contributed by atoms with Crippen LogP contribution in [0.4, 0.5) is 0 Å². The van der Waals surface area contributed by atoms with Gasteiger partial charge in [0.05, 0.1) is 31.4 Å². The summed E-state index contributed by atoms with van der Waals surface area (Å²) in [5, 5.41) is 10.7. The maximum atomic E-state index is 10.7. The van der Waals surface area contributed by atoms with Crippen LogP contribution < -0.4 is 14.6 Å². The maximum absolute atomic E-state index is 10.7. The van der Waals surface area contributed by atoms with Crippen LogP contribution in [-0.2, 0) is 0 Å². The van der Waals surface area contributed by atoms with Crippen LogP contribution in [0.2, 0.25) is 0 Å². The minimum absolute atomic E-state index is 0.116. The van der Waals surface area contributed by atoms with Crippen LogP contribution in [0.5, 0.6) is 11.5 Å². The largest absolute Gasteiger partial charge is 0.545 e. The summed E-state index contributed by atoms with van der Waals surface area (Å²) in [6.45, 7) is 1.69. The first-order valence-corrected chi connectivity index (χ1v) is 3.90. The van der Waals surface area contributed by atoms with E-state index in [9.17, 15) is 9.90 Å². The van der Waals surface area contributed by atoms with E-state index in [0.717, 1.165) is 0 Å². The van der Waals surface area contributed by atoms with Crippen LogP contribution in [-0.4, -0.2) is 25.2 Å². The van der Waals surface area contributed by atoms with E-state index in [1.807, 2.05) is 0 Å². The number of aryl methyl sites for hydroxylation is 1. The van der Waals surface area contributed by atoms with E-state index in [2.05, 4.69) is 4.98 Å².